The van der Waals surface area contributed by atoms with Crippen molar-refractivity contribution < 1.29 is 4.79 Å². The van der Waals surface area contributed by atoms with Crippen molar-refractivity contribution in [2.75, 3.05) is 11.9 Å². The molecule has 148 valence electrons. The lowest BCUT2D eigenvalue weighted by atomic mass is 10.2. The Kier molecular flexibility index (Phi) is 5.46. The Morgan fingerprint density at radius 1 is 1.21 bits per heavy atom. The van der Waals surface area contributed by atoms with E-state index >= 15 is 0 Å². The number of fused-ring (bicyclic) bond motifs is 2. The summed E-state index contributed by atoms with van der Waals surface area (Å²) >= 11 is 7.44. The second-order valence-electron chi connectivity index (χ2n) is 6.51. The molecule has 0 saturated heterocycles. The van der Waals surface area contributed by atoms with Crippen LogP contribution in [-0.4, -0.2) is 32.4 Å². The predicted octanol–water partition coefficient (Wildman–Crippen LogP) is 4.63. The number of aromatic amines is 1. The van der Waals surface area contributed by atoms with Crippen molar-refractivity contribution >= 4 is 55.2 Å². The van der Waals surface area contributed by atoms with Crippen LogP contribution in [-0.2, 0) is 6.54 Å². The third-order valence-electron chi connectivity index (χ3n) is 4.35. The predicted molar refractivity (Wildman–Crippen MR) is 117 cm³/mol. The summed E-state index contributed by atoms with van der Waals surface area (Å²) in [5.74, 6) is 0.401. The van der Waals surface area contributed by atoms with Crippen molar-refractivity contribution in [1.29, 1.82) is 0 Å². The van der Waals surface area contributed by atoms with Gasteiger partial charge in [-0.25, -0.2) is 14.8 Å². The van der Waals surface area contributed by atoms with Crippen LogP contribution in [0.15, 0.2) is 47.3 Å². The first kappa shape index (κ1) is 19.4. The topological polar surface area (TPSA) is 91.0 Å². The van der Waals surface area contributed by atoms with Gasteiger partial charge in [-0.15, -0.1) is 0 Å². The molecule has 0 radical (unpaired) electrons. The van der Waals surface area contributed by atoms with Crippen LogP contribution in [0.5, 0.6) is 0 Å². The number of anilines is 1. The van der Waals surface area contributed by atoms with E-state index in [-0.39, 0.29) is 18.1 Å². The van der Waals surface area contributed by atoms with Crippen molar-refractivity contribution in [3.05, 3.63) is 63.7 Å². The number of hydrogen-bond acceptors (Lipinski definition) is 5. The van der Waals surface area contributed by atoms with E-state index < -0.39 is 0 Å². The number of urea groups is 1. The van der Waals surface area contributed by atoms with E-state index in [1.54, 1.807) is 23.1 Å². The van der Waals surface area contributed by atoms with Gasteiger partial charge in [0.1, 0.15) is 5.82 Å². The van der Waals surface area contributed by atoms with E-state index in [9.17, 15) is 9.59 Å². The zero-order chi connectivity index (χ0) is 20.4. The molecule has 0 aliphatic carbocycles. The van der Waals surface area contributed by atoms with E-state index in [0.29, 0.717) is 33.4 Å². The van der Waals surface area contributed by atoms with Gasteiger partial charge in [0.2, 0.25) is 0 Å². The van der Waals surface area contributed by atoms with Crippen molar-refractivity contribution in [2.45, 2.75) is 19.9 Å². The lowest BCUT2D eigenvalue weighted by Crippen LogP contribution is -2.36. The number of carbonyl (C=O) groups is 1. The molecule has 0 fully saturated rings. The zero-order valence-electron chi connectivity index (χ0n) is 15.6. The maximum atomic E-state index is 12.8. The summed E-state index contributed by atoms with van der Waals surface area (Å²) in [5, 5.41) is 4.34. The molecule has 9 heteroatoms. The van der Waals surface area contributed by atoms with Gasteiger partial charge in [-0.2, -0.15) is 0 Å². The molecule has 4 aromatic rings. The van der Waals surface area contributed by atoms with E-state index in [0.717, 1.165) is 16.6 Å². The summed E-state index contributed by atoms with van der Waals surface area (Å²) < 4.78 is 1.00. The van der Waals surface area contributed by atoms with Crippen LogP contribution in [0.25, 0.3) is 21.1 Å². The molecule has 7 nitrogen and oxygen atoms in total. The molecule has 2 aromatic carbocycles. The van der Waals surface area contributed by atoms with E-state index in [1.165, 1.54) is 11.3 Å². The van der Waals surface area contributed by atoms with Crippen LogP contribution in [0.1, 0.15) is 19.2 Å². The number of nitrogens with zero attached hydrogens (tertiary/aromatic N) is 3. The molecule has 2 amide bonds. The zero-order valence-corrected chi connectivity index (χ0v) is 17.2. The maximum Gasteiger partial charge on any atom is 0.324 e. The van der Waals surface area contributed by atoms with Gasteiger partial charge < -0.3 is 9.88 Å². The molecule has 0 bridgehead atoms. The summed E-state index contributed by atoms with van der Waals surface area (Å²) in [7, 11) is 0. The molecule has 0 aliphatic heterocycles. The molecule has 2 aromatic heterocycles. The molecule has 2 heterocycles. The number of halogens is 1. The van der Waals surface area contributed by atoms with Crippen LogP contribution in [0.2, 0.25) is 5.02 Å². The van der Waals surface area contributed by atoms with Crippen molar-refractivity contribution in [1.82, 2.24) is 19.9 Å². The molecule has 0 aliphatic rings. The Balaban J connectivity index is 1.57. The van der Waals surface area contributed by atoms with Crippen LogP contribution in [0.3, 0.4) is 0 Å². The highest BCUT2D eigenvalue weighted by molar-refractivity contribution is 7.22. The second-order valence-corrected chi connectivity index (χ2v) is 7.98. The molecule has 0 saturated carbocycles. The number of hydrogen-bond donors (Lipinski definition) is 2. The third kappa shape index (κ3) is 4.23. The molecule has 0 unspecified atom stereocenters. The number of benzene rings is 2. The van der Waals surface area contributed by atoms with Gasteiger partial charge in [-0.1, -0.05) is 42.0 Å². The smallest absolute Gasteiger partial charge is 0.317 e. The quantitative estimate of drug-likeness (QED) is 0.485. The SMILES string of the molecule is CCCN(Cc1nc2cc(Cl)ccc2c(=O)[nH]1)C(=O)Nc1nc2ccccc2s1. The fourth-order valence-electron chi connectivity index (χ4n) is 3.04. The first-order valence-corrected chi connectivity index (χ1v) is 10.3. The number of carbonyl (C=O) groups excluding carboxylic acids is 1. The standard InChI is InChI=1S/C20H18ClN5O2S/c1-2-9-26(20(28)25-19-23-14-5-3-4-6-16(14)29-19)11-17-22-15-10-12(21)7-8-13(15)18(27)24-17/h3-8,10H,2,9,11H2,1H3,(H,22,24,27)(H,23,25,28). The summed E-state index contributed by atoms with van der Waals surface area (Å²) in [4.78, 5) is 38.4. The van der Waals surface area contributed by atoms with Gasteiger partial charge >= 0.3 is 6.03 Å². The molecule has 0 spiro atoms. The Labute approximate surface area is 175 Å². The number of thiazole rings is 1. The Bertz CT molecular complexity index is 1220. The summed E-state index contributed by atoms with van der Waals surface area (Å²) in [6, 6.07) is 12.3. The monoisotopic (exact) mass is 427 g/mol. The van der Waals surface area contributed by atoms with Crippen LogP contribution in [0, 0.1) is 0 Å². The number of H-pyrrole nitrogens is 1. The van der Waals surface area contributed by atoms with Gasteiger partial charge in [-0.3, -0.25) is 10.1 Å². The highest BCUT2D eigenvalue weighted by atomic mass is 35.5. The van der Waals surface area contributed by atoms with Gasteiger partial charge in [-0.05, 0) is 36.8 Å². The molecule has 29 heavy (non-hydrogen) atoms. The van der Waals surface area contributed by atoms with Crippen LogP contribution < -0.4 is 10.9 Å². The minimum absolute atomic E-state index is 0.169. The highest BCUT2D eigenvalue weighted by Gasteiger charge is 2.17. The lowest BCUT2D eigenvalue weighted by molar-refractivity contribution is 0.207. The number of amides is 2. The van der Waals surface area contributed by atoms with Gasteiger partial charge in [0.25, 0.3) is 5.56 Å². The lowest BCUT2D eigenvalue weighted by Gasteiger charge is -2.21. The largest absolute Gasteiger partial charge is 0.324 e. The Hall–Kier alpha value is -2.97. The van der Waals surface area contributed by atoms with Crippen molar-refractivity contribution in [2.24, 2.45) is 0 Å². The van der Waals surface area contributed by atoms with Gasteiger partial charge in [0, 0.05) is 11.6 Å². The number of para-hydroxylation sites is 1. The molecule has 0 atom stereocenters. The molecule has 2 N–H and O–H groups in total. The van der Waals surface area contributed by atoms with Crippen molar-refractivity contribution in [3.63, 3.8) is 0 Å². The van der Waals surface area contributed by atoms with E-state index in [2.05, 4.69) is 20.3 Å². The number of rotatable bonds is 5. The fraction of sp³-hybridized carbons (Fsp3) is 0.200. The van der Waals surface area contributed by atoms with Crippen LogP contribution in [0.4, 0.5) is 9.93 Å². The van der Waals surface area contributed by atoms with Gasteiger partial charge in [0.15, 0.2) is 5.13 Å². The van der Waals surface area contributed by atoms with E-state index in [1.807, 2.05) is 31.2 Å². The summed E-state index contributed by atoms with van der Waals surface area (Å²) in [6.07, 6.45) is 0.761. The summed E-state index contributed by atoms with van der Waals surface area (Å²) in [6.45, 7) is 2.66. The van der Waals surface area contributed by atoms with Crippen LogP contribution >= 0.6 is 22.9 Å². The first-order chi connectivity index (χ1) is 14.0. The second kappa shape index (κ2) is 8.18. The molecule has 4 rings (SSSR count). The maximum absolute atomic E-state index is 12.8. The van der Waals surface area contributed by atoms with E-state index in [4.69, 9.17) is 11.6 Å². The molecular weight excluding hydrogens is 410 g/mol. The summed E-state index contributed by atoms with van der Waals surface area (Å²) in [5.41, 5.74) is 1.08. The average Bonchev–Trinajstić information content (AvgIpc) is 3.09. The minimum atomic E-state index is -0.292. The van der Waals surface area contributed by atoms with Crippen molar-refractivity contribution in [3.8, 4) is 0 Å². The molecular formula is C20H18ClN5O2S. The third-order valence-corrected chi connectivity index (χ3v) is 5.53. The fourth-order valence-corrected chi connectivity index (χ4v) is 4.06. The normalized spacial score (nSPS) is 11.1. The Morgan fingerprint density at radius 3 is 2.83 bits per heavy atom. The highest BCUT2D eigenvalue weighted by Crippen LogP contribution is 2.25. The first-order valence-electron chi connectivity index (χ1n) is 9.13. The minimum Gasteiger partial charge on any atom is -0.317 e. The number of aromatic nitrogens is 3. The average molecular weight is 428 g/mol. The Morgan fingerprint density at radius 2 is 2.03 bits per heavy atom. The number of nitrogens with one attached hydrogen (secondary N) is 2. The van der Waals surface area contributed by atoms with Gasteiger partial charge in [0.05, 0.1) is 27.7 Å².